The smallest absolute Gasteiger partial charge is 0.410 e. The second-order valence-electron chi connectivity index (χ2n) is 10.5. The Morgan fingerprint density at radius 1 is 1.11 bits per heavy atom. The number of amides is 1. The van der Waals surface area contributed by atoms with E-state index in [2.05, 4.69) is 45.0 Å². The molecule has 1 aromatic rings. The lowest BCUT2D eigenvalue weighted by atomic mass is 9.77. The number of carbonyl (C=O) groups excluding carboxylic acids is 1. The second-order valence-corrected chi connectivity index (χ2v) is 10.5. The van der Waals surface area contributed by atoms with Crippen LogP contribution < -0.4 is 0 Å². The summed E-state index contributed by atoms with van der Waals surface area (Å²) < 4.78 is 11.3. The van der Waals surface area contributed by atoms with Crippen LogP contribution in [0.1, 0.15) is 65.5 Å². The normalized spacial score (nSPS) is 28.2. The molecule has 3 rings (SSSR count). The van der Waals surface area contributed by atoms with Crippen LogP contribution in [0.4, 0.5) is 4.79 Å². The maximum Gasteiger partial charge on any atom is 0.410 e. The maximum absolute atomic E-state index is 12.7. The zero-order chi connectivity index (χ0) is 20.7. The van der Waals surface area contributed by atoms with E-state index in [1.54, 1.807) is 4.90 Å². The molecule has 2 atom stereocenters. The average Bonchev–Trinajstić information content (AvgIpc) is 2.51. The van der Waals surface area contributed by atoms with E-state index in [1.807, 2.05) is 20.8 Å². The summed E-state index contributed by atoms with van der Waals surface area (Å²) >= 11 is 0. The van der Waals surface area contributed by atoms with Gasteiger partial charge in [0, 0.05) is 6.42 Å². The third kappa shape index (κ3) is 4.87. The molecule has 1 amide bonds. The van der Waals surface area contributed by atoms with E-state index < -0.39 is 11.2 Å². The number of fused-ring (bicyclic) bond motifs is 2. The van der Waals surface area contributed by atoms with E-state index in [-0.39, 0.29) is 23.6 Å². The Kier molecular flexibility index (Phi) is 5.54. The van der Waals surface area contributed by atoms with Crippen molar-refractivity contribution in [1.82, 2.24) is 4.90 Å². The molecule has 2 aliphatic heterocycles. The quantitative estimate of drug-likeness (QED) is 0.829. The van der Waals surface area contributed by atoms with E-state index in [9.17, 15) is 9.90 Å². The van der Waals surface area contributed by atoms with Crippen LogP contribution in [-0.4, -0.2) is 52.6 Å². The van der Waals surface area contributed by atoms with Crippen molar-refractivity contribution in [3.8, 4) is 0 Å². The Labute approximate surface area is 169 Å². The van der Waals surface area contributed by atoms with Gasteiger partial charge >= 0.3 is 6.09 Å². The van der Waals surface area contributed by atoms with Crippen molar-refractivity contribution < 1.29 is 19.4 Å². The summed E-state index contributed by atoms with van der Waals surface area (Å²) in [5.41, 5.74) is 1.16. The van der Waals surface area contributed by atoms with E-state index in [0.717, 1.165) is 5.56 Å². The zero-order valence-electron chi connectivity index (χ0n) is 18.1. The van der Waals surface area contributed by atoms with Gasteiger partial charge < -0.3 is 14.6 Å². The lowest BCUT2D eigenvalue weighted by Crippen LogP contribution is -2.64. The molecule has 2 heterocycles. The molecule has 2 fully saturated rings. The Morgan fingerprint density at radius 2 is 1.64 bits per heavy atom. The van der Waals surface area contributed by atoms with Crippen LogP contribution in [0.2, 0.25) is 0 Å². The number of aliphatic hydroxyl groups is 1. The van der Waals surface area contributed by atoms with E-state index in [4.69, 9.17) is 9.47 Å². The monoisotopic (exact) mass is 389 g/mol. The van der Waals surface area contributed by atoms with Gasteiger partial charge in [-0.3, -0.25) is 4.90 Å². The first-order chi connectivity index (χ1) is 12.9. The van der Waals surface area contributed by atoms with Crippen molar-refractivity contribution in [3.05, 3.63) is 35.4 Å². The average molecular weight is 390 g/mol. The van der Waals surface area contributed by atoms with Crippen molar-refractivity contribution >= 4 is 6.09 Å². The van der Waals surface area contributed by atoms with Gasteiger partial charge in [0.15, 0.2) is 0 Å². The van der Waals surface area contributed by atoms with E-state index in [0.29, 0.717) is 32.5 Å². The zero-order valence-corrected chi connectivity index (χ0v) is 18.1. The van der Waals surface area contributed by atoms with Gasteiger partial charge in [-0.05, 0) is 50.2 Å². The minimum absolute atomic E-state index is 0.114. The minimum atomic E-state index is -0.832. The standard InChI is InChI=1S/C23H35NO4/c1-21(2,3)17-9-7-16(8-10-17)11-23(26)12-18-14-27-15-19(13-23)24(18)20(25)28-22(4,5)6/h7-10,18-19,26H,11-15H2,1-6H3. The van der Waals surface area contributed by atoms with Gasteiger partial charge in [-0.2, -0.15) is 0 Å². The van der Waals surface area contributed by atoms with Gasteiger partial charge in [0.05, 0.1) is 30.9 Å². The number of ether oxygens (including phenoxy) is 2. The molecule has 0 saturated carbocycles. The summed E-state index contributed by atoms with van der Waals surface area (Å²) in [6.07, 6.45) is 1.29. The molecule has 2 aliphatic rings. The largest absolute Gasteiger partial charge is 0.444 e. The van der Waals surface area contributed by atoms with Gasteiger partial charge in [-0.25, -0.2) is 4.79 Å². The third-order valence-corrected chi connectivity index (χ3v) is 5.60. The van der Waals surface area contributed by atoms with Gasteiger partial charge in [-0.1, -0.05) is 45.0 Å². The Balaban J connectivity index is 1.72. The van der Waals surface area contributed by atoms with Crippen LogP contribution in [0.5, 0.6) is 0 Å². The number of hydrogen-bond donors (Lipinski definition) is 1. The van der Waals surface area contributed by atoms with Crippen molar-refractivity contribution in [1.29, 1.82) is 0 Å². The third-order valence-electron chi connectivity index (χ3n) is 5.60. The number of benzene rings is 1. The van der Waals surface area contributed by atoms with Crippen molar-refractivity contribution in [2.24, 2.45) is 0 Å². The predicted molar refractivity (Wildman–Crippen MR) is 109 cm³/mol. The van der Waals surface area contributed by atoms with Gasteiger partial charge in [0.2, 0.25) is 0 Å². The summed E-state index contributed by atoms with van der Waals surface area (Å²) in [5.74, 6) is 0. The molecule has 1 aromatic carbocycles. The summed E-state index contributed by atoms with van der Waals surface area (Å²) in [6.45, 7) is 13.1. The van der Waals surface area contributed by atoms with Crippen molar-refractivity contribution in [2.75, 3.05) is 13.2 Å². The van der Waals surface area contributed by atoms with Crippen LogP contribution in [-0.2, 0) is 21.3 Å². The Morgan fingerprint density at radius 3 is 2.11 bits per heavy atom. The highest BCUT2D eigenvalue weighted by Crippen LogP contribution is 2.37. The first kappa shape index (κ1) is 21.1. The molecular formula is C23H35NO4. The minimum Gasteiger partial charge on any atom is -0.444 e. The lowest BCUT2D eigenvalue weighted by Gasteiger charge is -2.51. The Bertz CT molecular complexity index is 685. The number of rotatable bonds is 2. The predicted octanol–water partition coefficient (Wildman–Crippen LogP) is 4.06. The van der Waals surface area contributed by atoms with E-state index >= 15 is 0 Å². The van der Waals surface area contributed by atoms with Crippen LogP contribution in [0.25, 0.3) is 0 Å². The highest BCUT2D eigenvalue weighted by molar-refractivity contribution is 5.69. The van der Waals surface area contributed by atoms with E-state index in [1.165, 1.54) is 5.56 Å². The molecule has 28 heavy (non-hydrogen) atoms. The summed E-state index contributed by atoms with van der Waals surface area (Å²) in [5, 5.41) is 11.4. The highest BCUT2D eigenvalue weighted by atomic mass is 16.6. The summed E-state index contributed by atoms with van der Waals surface area (Å²) in [6, 6.07) is 8.23. The molecule has 0 spiro atoms. The second kappa shape index (κ2) is 7.34. The maximum atomic E-state index is 12.7. The fraction of sp³-hybridized carbons (Fsp3) is 0.696. The molecule has 0 aliphatic carbocycles. The number of carbonyl (C=O) groups is 1. The van der Waals surface area contributed by atoms with Crippen molar-refractivity contribution in [2.45, 2.75) is 89.5 Å². The van der Waals surface area contributed by atoms with Gasteiger partial charge in [-0.15, -0.1) is 0 Å². The number of piperidine rings is 1. The van der Waals surface area contributed by atoms with Crippen LogP contribution in [0.15, 0.2) is 24.3 Å². The fourth-order valence-electron chi connectivity index (χ4n) is 4.33. The van der Waals surface area contributed by atoms with Gasteiger partial charge in [0.1, 0.15) is 5.60 Å². The Hall–Kier alpha value is -1.59. The molecule has 2 bridgehead atoms. The number of hydrogen-bond acceptors (Lipinski definition) is 4. The van der Waals surface area contributed by atoms with Gasteiger partial charge in [0.25, 0.3) is 0 Å². The molecule has 1 N–H and O–H groups in total. The first-order valence-electron chi connectivity index (χ1n) is 10.3. The first-order valence-corrected chi connectivity index (χ1v) is 10.3. The summed E-state index contributed by atoms with van der Waals surface area (Å²) in [4.78, 5) is 14.5. The van der Waals surface area contributed by atoms with Crippen LogP contribution >= 0.6 is 0 Å². The molecule has 5 heteroatoms. The number of nitrogens with zero attached hydrogens (tertiary/aromatic N) is 1. The SMILES string of the molecule is CC(C)(C)OC(=O)N1C2COCC1CC(O)(Cc1ccc(C(C)(C)C)cc1)C2. The molecule has 156 valence electrons. The lowest BCUT2D eigenvalue weighted by molar-refractivity contribution is -0.137. The van der Waals surface area contributed by atoms with Crippen LogP contribution in [0, 0.1) is 0 Å². The van der Waals surface area contributed by atoms with Crippen LogP contribution in [0.3, 0.4) is 0 Å². The highest BCUT2D eigenvalue weighted by Gasteiger charge is 2.49. The number of morpholine rings is 1. The topological polar surface area (TPSA) is 59.0 Å². The van der Waals surface area contributed by atoms with Crippen molar-refractivity contribution in [3.63, 3.8) is 0 Å². The molecule has 5 nitrogen and oxygen atoms in total. The molecule has 2 unspecified atom stereocenters. The molecule has 0 aromatic heterocycles. The molecule has 0 radical (unpaired) electrons. The summed E-state index contributed by atoms with van der Waals surface area (Å²) in [7, 11) is 0. The molecule has 2 saturated heterocycles. The fourth-order valence-corrected chi connectivity index (χ4v) is 4.33. The molecular weight excluding hydrogens is 354 g/mol.